The van der Waals surface area contributed by atoms with Crippen molar-refractivity contribution in [2.24, 2.45) is 12.0 Å². The molecule has 0 unspecified atom stereocenters. The Labute approximate surface area is 191 Å². The van der Waals surface area contributed by atoms with Gasteiger partial charge in [0.25, 0.3) is 5.91 Å². The molecule has 32 heavy (non-hydrogen) atoms. The molecule has 0 saturated carbocycles. The topological polar surface area (TPSA) is 92.5 Å². The van der Waals surface area contributed by atoms with Gasteiger partial charge in [0.15, 0.2) is 5.49 Å². The fourth-order valence-electron chi connectivity index (χ4n) is 3.45. The average Bonchev–Trinajstić information content (AvgIpc) is 3.01. The summed E-state index contributed by atoms with van der Waals surface area (Å²) in [5.74, 6) is -0.187. The Hall–Kier alpha value is -2.85. The van der Waals surface area contributed by atoms with Crippen LogP contribution in [0.2, 0.25) is 0 Å². The van der Waals surface area contributed by atoms with Gasteiger partial charge >= 0.3 is 0 Å². The molecule has 174 valence electrons. The number of ether oxygens (including phenoxy) is 1. The van der Waals surface area contributed by atoms with E-state index in [9.17, 15) is 15.2 Å². The minimum Gasteiger partial charge on any atom is -0.490 e. The maximum atomic E-state index is 13.2. The molecule has 0 saturated heterocycles. The van der Waals surface area contributed by atoms with Gasteiger partial charge in [0.05, 0.1) is 22.8 Å². The average molecular weight is 441 g/mol. The lowest BCUT2D eigenvalue weighted by molar-refractivity contribution is 0.0281. The van der Waals surface area contributed by atoms with Crippen molar-refractivity contribution in [3.05, 3.63) is 46.6 Å². The van der Waals surface area contributed by atoms with Crippen molar-refractivity contribution in [2.75, 3.05) is 6.61 Å². The van der Waals surface area contributed by atoms with Crippen LogP contribution in [0.5, 0.6) is 5.75 Å². The van der Waals surface area contributed by atoms with E-state index >= 15 is 0 Å². The Kier molecular flexibility index (Phi) is 8.08. The number of amides is 1. The summed E-state index contributed by atoms with van der Waals surface area (Å²) in [6, 6.07) is 8.66. The Balaban J connectivity index is 2.56. The van der Waals surface area contributed by atoms with Crippen LogP contribution in [0.15, 0.2) is 29.3 Å². The molecule has 1 amide bonds. The monoisotopic (exact) mass is 440 g/mol. The summed E-state index contributed by atoms with van der Waals surface area (Å²) < 4.78 is 9.80. The molecular formula is C25H36N4O3. The van der Waals surface area contributed by atoms with Gasteiger partial charge in [-0.15, -0.1) is 0 Å². The second kappa shape index (κ2) is 10.2. The molecule has 2 aromatic rings. The fourth-order valence-corrected chi connectivity index (χ4v) is 3.45. The van der Waals surface area contributed by atoms with Crippen LogP contribution in [0, 0.1) is 11.3 Å². The third-order valence-corrected chi connectivity index (χ3v) is 5.12. The van der Waals surface area contributed by atoms with E-state index in [0.717, 1.165) is 31.5 Å². The quantitative estimate of drug-likeness (QED) is 0.626. The standard InChI is InChI=1S/C25H36N4O3/c1-8-9-10-13-29-22(15-21(28(29)7)24(2,3)4)27-23(30)19-14-18(16-26)11-12-20(19)32-17-25(5,6)31/h11-12,14-15,31H,8-10,13,17H2,1-7H3. The van der Waals surface area contributed by atoms with E-state index in [2.05, 4.69) is 43.4 Å². The van der Waals surface area contributed by atoms with Crippen LogP contribution >= 0.6 is 0 Å². The van der Waals surface area contributed by atoms with Crippen molar-refractivity contribution < 1.29 is 14.6 Å². The second-order valence-electron chi connectivity index (χ2n) is 9.83. The number of nitriles is 1. The van der Waals surface area contributed by atoms with Crippen molar-refractivity contribution in [1.29, 1.82) is 5.26 Å². The fraction of sp³-hybridized carbons (Fsp3) is 0.560. The number of carbonyl (C=O) groups is 1. The zero-order valence-electron chi connectivity index (χ0n) is 20.4. The highest BCUT2D eigenvalue weighted by atomic mass is 16.5. The third-order valence-electron chi connectivity index (χ3n) is 5.12. The third kappa shape index (κ3) is 6.57. The van der Waals surface area contributed by atoms with Gasteiger partial charge in [-0.3, -0.25) is 14.2 Å². The van der Waals surface area contributed by atoms with Gasteiger partial charge in [-0.1, -0.05) is 40.5 Å². The first-order valence-electron chi connectivity index (χ1n) is 11.1. The maximum absolute atomic E-state index is 13.2. The predicted molar refractivity (Wildman–Crippen MR) is 124 cm³/mol. The molecule has 0 radical (unpaired) electrons. The molecule has 1 heterocycles. The van der Waals surface area contributed by atoms with Crippen molar-refractivity contribution in [3.8, 4) is 11.8 Å². The summed E-state index contributed by atoms with van der Waals surface area (Å²) in [5.41, 5.74) is 1.03. The molecule has 1 aromatic heterocycles. The normalized spacial score (nSPS) is 12.7. The molecule has 0 aliphatic carbocycles. The van der Waals surface area contributed by atoms with Crippen LogP contribution in [0.1, 0.15) is 82.4 Å². The Bertz CT molecular complexity index is 1060. The van der Waals surface area contributed by atoms with Crippen LogP contribution in [-0.4, -0.2) is 32.6 Å². The van der Waals surface area contributed by atoms with E-state index in [4.69, 9.17) is 4.74 Å². The maximum Gasteiger partial charge on any atom is 0.282 e. The van der Waals surface area contributed by atoms with E-state index < -0.39 is 11.5 Å². The molecule has 0 fully saturated rings. The highest BCUT2D eigenvalue weighted by molar-refractivity contribution is 5.98. The number of unbranched alkanes of at least 4 members (excludes halogenated alkanes) is 2. The lowest BCUT2D eigenvalue weighted by Crippen LogP contribution is -2.28. The van der Waals surface area contributed by atoms with Gasteiger partial charge in [-0.25, -0.2) is 0 Å². The molecule has 0 aliphatic rings. The van der Waals surface area contributed by atoms with E-state index in [1.54, 1.807) is 26.0 Å². The summed E-state index contributed by atoms with van der Waals surface area (Å²) in [6.07, 6.45) is 3.18. The molecule has 0 spiro atoms. The Morgan fingerprint density at radius 2 is 1.88 bits per heavy atom. The lowest BCUT2D eigenvalue weighted by atomic mass is 9.92. The van der Waals surface area contributed by atoms with Gasteiger partial charge in [0.1, 0.15) is 12.4 Å². The molecule has 1 aromatic carbocycles. The highest BCUT2D eigenvalue weighted by Crippen LogP contribution is 2.23. The van der Waals surface area contributed by atoms with Gasteiger partial charge in [0.2, 0.25) is 0 Å². The smallest absolute Gasteiger partial charge is 0.282 e. The number of rotatable bonds is 8. The first-order chi connectivity index (χ1) is 14.9. The van der Waals surface area contributed by atoms with E-state index in [1.165, 1.54) is 6.07 Å². The number of benzene rings is 1. The minimum absolute atomic E-state index is 0.00963. The van der Waals surface area contributed by atoms with E-state index in [0.29, 0.717) is 16.8 Å². The summed E-state index contributed by atoms with van der Waals surface area (Å²) in [5, 5.41) is 19.3. The molecule has 2 rings (SSSR count). The molecule has 0 atom stereocenters. The SMILES string of the molecule is CCCCCn1c(=NC(=O)c2cc(C#N)ccc2OCC(C)(C)O)cc(C(C)(C)C)n1C. The number of hydrogen-bond donors (Lipinski definition) is 1. The highest BCUT2D eigenvalue weighted by Gasteiger charge is 2.22. The van der Waals surface area contributed by atoms with Gasteiger partial charge in [-0.2, -0.15) is 10.3 Å². The van der Waals surface area contributed by atoms with Crippen molar-refractivity contribution >= 4 is 5.91 Å². The summed E-state index contributed by atoms with van der Waals surface area (Å²) in [6.45, 7) is 12.6. The zero-order chi connectivity index (χ0) is 24.1. The van der Waals surface area contributed by atoms with Crippen LogP contribution in [0.25, 0.3) is 0 Å². The first-order valence-corrected chi connectivity index (χ1v) is 11.1. The van der Waals surface area contributed by atoms with Gasteiger partial charge in [-0.05, 0) is 38.5 Å². The molecule has 1 N–H and O–H groups in total. The zero-order valence-corrected chi connectivity index (χ0v) is 20.4. The molecule has 7 nitrogen and oxygen atoms in total. The summed E-state index contributed by atoms with van der Waals surface area (Å²) >= 11 is 0. The minimum atomic E-state index is -1.06. The predicted octanol–water partition coefficient (Wildman–Crippen LogP) is 4.08. The number of nitrogens with zero attached hydrogens (tertiary/aromatic N) is 4. The lowest BCUT2D eigenvalue weighted by Gasteiger charge is -2.20. The van der Waals surface area contributed by atoms with Crippen molar-refractivity contribution in [1.82, 2.24) is 9.36 Å². The molecular weight excluding hydrogens is 404 g/mol. The van der Waals surface area contributed by atoms with Crippen molar-refractivity contribution in [3.63, 3.8) is 0 Å². The molecule has 0 bridgehead atoms. The Morgan fingerprint density at radius 1 is 1.19 bits per heavy atom. The number of hydrogen-bond acceptors (Lipinski definition) is 4. The van der Waals surface area contributed by atoms with Gasteiger partial charge in [0, 0.05) is 30.8 Å². The van der Waals surface area contributed by atoms with E-state index in [1.807, 2.05) is 17.8 Å². The molecule has 0 aliphatic heterocycles. The molecule has 7 heteroatoms. The summed E-state index contributed by atoms with van der Waals surface area (Å²) in [4.78, 5) is 17.7. The number of carbonyl (C=O) groups excluding carboxylic acids is 1. The number of aliphatic hydroxyl groups is 1. The van der Waals surface area contributed by atoms with Crippen LogP contribution in [0.3, 0.4) is 0 Å². The second-order valence-corrected chi connectivity index (χ2v) is 9.83. The van der Waals surface area contributed by atoms with Gasteiger partial charge < -0.3 is 9.84 Å². The largest absolute Gasteiger partial charge is 0.490 e. The van der Waals surface area contributed by atoms with Crippen LogP contribution in [-0.2, 0) is 19.0 Å². The first kappa shape index (κ1) is 25.4. The van der Waals surface area contributed by atoms with Crippen molar-refractivity contribution in [2.45, 2.75) is 78.4 Å². The van der Waals surface area contributed by atoms with E-state index in [-0.39, 0.29) is 17.6 Å². The Morgan fingerprint density at radius 3 is 2.44 bits per heavy atom. The summed E-state index contributed by atoms with van der Waals surface area (Å²) in [7, 11) is 1.99. The van der Waals surface area contributed by atoms with Crippen LogP contribution < -0.4 is 10.2 Å². The number of aromatic nitrogens is 2. The van der Waals surface area contributed by atoms with Crippen LogP contribution in [0.4, 0.5) is 0 Å².